The zero-order chi connectivity index (χ0) is 30.2. The number of aryl methyl sites for hydroxylation is 2. The molecular weight excluding hydrogens is 504 g/mol. The molecule has 0 amide bonds. The maximum atomic E-state index is 4.83. The Balaban J connectivity index is 1.47. The lowest BCUT2D eigenvalue weighted by Gasteiger charge is -2.42. The zero-order valence-corrected chi connectivity index (χ0v) is 27.3. The first-order valence-corrected chi connectivity index (χ1v) is 16.5. The van der Waals surface area contributed by atoms with E-state index in [1.807, 2.05) is 0 Å². The van der Waals surface area contributed by atoms with Crippen molar-refractivity contribution >= 4 is 5.57 Å². The Labute approximate surface area is 256 Å². The largest absolute Gasteiger partial charge is 0.0995 e. The fourth-order valence-corrected chi connectivity index (χ4v) is 7.83. The highest BCUT2D eigenvalue weighted by molar-refractivity contribution is 5.74. The summed E-state index contributed by atoms with van der Waals surface area (Å²) in [4.78, 5) is 0. The summed E-state index contributed by atoms with van der Waals surface area (Å²) in [6.07, 6.45) is 16.1. The Hall–Kier alpha value is -3.12. The Morgan fingerprint density at radius 3 is 2.45 bits per heavy atom. The van der Waals surface area contributed by atoms with Gasteiger partial charge < -0.3 is 0 Å². The van der Waals surface area contributed by atoms with Crippen LogP contribution < -0.4 is 0 Å². The average Bonchev–Trinajstić information content (AvgIpc) is 3.55. The molecule has 3 aliphatic carbocycles. The van der Waals surface area contributed by atoms with Gasteiger partial charge in [0.05, 0.1) is 0 Å². The Kier molecular flexibility index (Phi) is 8.84. The second-order valence-electron chi connectivity index (χ2n) is 14.1. The minimum atomic E-state index is 0.154. The topological polar surface area (TPSA) is 0 Å². The summed E-state index contributed by atoms with van der Waals surface area (Å²) >= 11 is 0. The molecule has 2 aromatic rings. The van der Waals surface area contributed by atoms with Crippen molar-refractivity contribution in [2.75, 3.05) is 0 Å². The van der Waals surface area contributed by atoms with Gasteiger partial charge in [0.15, 0.2) is 0 Å². The van der Waals surface area contributed by atoms with Crippen molar-refractivity contribution in [2.45, 2.75) is 98.3 Å². The molecule has 0 heterocycles. The van der Waals surface area contributed by atoms with Crippen LogP contribution in [0.1, 0.15) is 108 Å². The molecule has 0 aromatic heterocycles. The monoisotopic (exact) mass is 556 g/mol. The smallest absolute Gasteiger partial charge is 0.0123 e. The minimum Gasteiger partial charge on any atom is -0.0995 e. The maximum absolute atomic E-state index is 4.83. The van der Waals surface area contributed by atoms with Crippen LogP contribution in [0.15, 0.2) is 108 Å². The van der Waals surface area contributed by atoms with Gasteiger partial charge in [-0.05, 0) is 99.5 Å². The quantitative estimate of drug-likeness (QED) is 0.284. The van der Waals surface area contributed by atoms with Crippen molar-refractivity contribution in [1.82, 2.24) is 0 Å². The van der Waals surface area contributed by atoms with Crippen LogP contribution in [-0.2, 0) is 18.3 Å². The Morgan fingerprint density at radius 2 is 1.76 bits per heavy atom. The summed E-state index contributed by atoms with van der Waals surface area (Å²) < 4.78 is 0. The van der Waals surface area contributed by atoms with Gasteiger partial charge in [-0.15, -0.1) is 0 Å². The van der Waals surface area contributed by atoms with Crippen LogP contribution in [0.4, 0.5) is 0 Å². The molecule has 0 radical (unpaired) electrons. The van der Waals surface area contributed by atoms with E-state index in [4.69, 9.17) is 13.2 Å². The number of allylic oxidation sites excluding steroid dienone is 10. The number of rotatable bonds is 8. The normalized spacial score (nSPS) is 24.9. The van der Waals surface area contributed by atoms with Crippen LogP contribution in [0, 0.1) is 17.8 Å². The van der Waals surface area contributed by atoms with Gasteiger partial charge in [0.1, 0.15) is 0 Å². The molecule has 0 N–H and O–H groups in total. The highest BCUT2D eigenvalue weighted by atomic mass is 14.5. The maximum Gasteiger partial charge on any atom is 0.0123 e. The molecule has 0 spiro atoms. The molecule has 4 unspecified atom stereocenters. The molecule has 5 rings (SSSR count). The molecule has 4 atom stereocenters. The van der Waals surface area contributed by atoms with Gasteiger partial charge in [0, 0.05) is 11.8 Å². The summed E-state index contributed by atoms with van der Waals surface area (Å²) in [6.45, 7) is 25.7. The summed E-state index contributed by atoms with van der Waals surface area (Å²) in [5.74, 6) is 1.70. The van der Waals surface area contributed by atoms with E-state index in [1.165, 1.54) is 50.1 Å². The van der Waals surface area contributed by atoms with Crippen molar-refractivity contribution in [3.05, 3.63) is 136 Å². The van der Waals surface area contributed by atoms with Crippen molar-refractivity contribution < 1.29 is 0 Å². The summed E-state index contributed by atoms with van der Waals surface area (Å²) in [5, 5.41) is 0. The van der Waals surface area contributed by atoms with E-state index in [-0.39, 0.29) is 5.41 Å². The van der Waals surface area contributed by atoms with E-state index in [0.29, 0.717) is 23.7 Å². The first-order chi connectivity index (χ1) is 20.0. The minimum absolute atomic E-state index is 0.154. The fraction of sp³-hybridized carbons (Fsp3) is 0.429. The molecule has 0 nitrogen and oxygen atoms in total. The van der Waals surface area contributed by atoms with E-state index in [0.717, 1.165) is 38.5 Å². The van der Waals surface area contributed by atoms with Crippen molar-refractivity contribution in [3.8, 4) is 0 Å². The second kappa shape index (κ2) is 12.2. The highest BCUT2D eigenvalue weighted by Crippen LogP contribution is 2.57. The van der Waals surface area contributed by atoms with Crippen molar-refractivity contribution in [1.29, 1.82) is 0 Å². The van der Waals surface area contributed by atoms with Crippen LogP contribution in [0.25, 0.3) is 5.57 Å². The lowest BCUT2D eigenvalue weighted by atomic mass is 9.61. The van der Waals surface area contributed by atoms with Crippen LogP contribution in [0.5, 0.6) is 0 Å². The van der Waals surface area contributed by atoms with Crippen LogP contribution in [0.2, 0.25) is 0 Å². The van der Waals surface area contributed by atoms with Crippen LogP contribution >= 0.6 is 0 Å². The third kappa shape index (κ3) is 5.88. The zero-order valence-electron chi connectivity index (χ0n) is 27.3. The summed E-state index contributed by atoms with van der Waals surface area (Å²) in [7, 11) is 0. The Morgan fingerprint density at radius 1 is 0.976 bits per heavy atom. The molecule has 0 aliphatic heterocycles. The number of hydrogen-bond acceptors (Lipinski definition) is 0. The number of fused-ring (bicyclic) bond motifs is 1. The predicted molar refractivity (Wildman–Crippen MR) is 184 cm³/mol. The van der Waals surface area contributed by atoms with Crippen molar-refractivity contribution in [2.24, 2.45) is 17.8 Å². The molecule has 220 valence electrons. The lowest BCUT2D eigenvalue weighted by molar-refractivity contribution is 0.321. The molecule has 1 fully saturated rings. The fourth-order valence-electron chi connectivity index (χ4n) is 7.83. The summed E-state index contributed by atoms with van der Waals surface area (Å²) in [5.41, 5.74) is 16.0. The number of hydrogen-bond donors (Lipinski definition) is 0. The van der Waals surface area contributed by atoms with Gasteiger partial charge in [0.2, 0.25) is 0 Å². The standard InChI is InChI=1S/C42H52/c1-10-14-27(4)39-28(5)21-36-25-35(29(6)40(36)41(39)38-24-30(11-2)17-19-32(38)12-3)23-31-18-20-34(22-31)33-15-13-16-37(26-33)42(7,8)9/h13,15-21,23-24,26,28,39-41H,4,6,10-12,14,22,25H2,1-3,5,7-9H3. The molecule has 42 heavy (non-hydrogen) atoms. The van der Waals surface area contributed by atoms with E-state index < -0.39 is 0 Å². The van der Waals surface area contributed by atoms with Gasteiger partial charge in [-0.1, -0.05) is 146 Å². The SMILES string of the molecule is C=C1C(=CC2=CC=C(c3cccc(C(C)(C)C)c3)C2)CC2=CC(C)C(C(=C)CCC)C(c3cc(CC)ccc3CC)C12. The predicted octanol–water partition coefficient (Wildman–Crippen LogP) is 11.7. The van der Waals surface area contributed by atoms with Gasteiger partial charge >= 0.3 is 0 Å². The van der Waals surface area contributed by atoms with Gasteiger partial charge in [-0.3, -0.25) is 0 Å². The summed E-state index contributed by atoms with van der Waals surface area (Å²) in [6, 6.07) is 16.4. The highest BCUT2D eigenvalue weighted by Gasteiger charge is 2.45. The van der Waals surface area contributed by atoms with Gasteiger partial charge in [-0.25, -0.2) is 0 Å². The molecule has 2 aromatic carbocycles. The molecule has 0 saturated heterocycles. The average molecular weight is 557 g/mol. The van der Waals surface area contributed by atoms with E-state index in [9.17, 15) is 0 Å². The van der Waals surface area contributed by atoms with Crippen molar-refractivity contribution in [3.63, 3.8) is 0 Å². The lowest BCUT2D eigenvalue weighted by Crippen LogP contribution is -2.32. The molecule has 3 aliphatic rings. The Bertz CT molecular complexity index is 1490. The molecule has 1 saturated carbocycles. The second-order valence-corrected chi connectivity index (χ2v) is 14.1. The van der Waals surface area contributed by atoms with E-state index >= 15 is 0 Å². The van der Waals surface area contributed by atoms with Gasteiger partial charge in [-0.2, -0.15) is 0 Å². The van der Waals surface area contributed by atoms with E-state index in [1.54, 1.807) is 11.1 Å². The molecule has 0 heteroatoms. The van der Waals surface area contributed by atoms with Crippen LogP contribution in [0.3, 0.4) is 0 Å². The first kappa shape index (κ1) is 30.3. The molecule has 0 bridgehead atoms. The number of benzene rings is 2. The molecular formula is C42H52. The van der Waals surface area contributed by atoms with E-state index in [2.05, 4.69) is 115 Å². The first-order valence-electron chi connectivity index (χ1n) is 16.5. The third-order valence-corrected chi connectivity index (χ3v) is 10.1. The third-order valence-electron chi connectivity index (χ3n) is 10.1. The van der Waals surface area contributed by atoms with Gasteiger partial charge in [0.25, 0.3) is 0 Å². The van der Waals surface area contributed by atoms with Crippen LogP contribution in [-0.4, -0.2) is 0 Å².